The molecule has 2 aliphatic heterocycles. The number of rotatable bonds is 3. The van der Waals surface area contributed by atoms with Crippen LogP contribution in [0.1, 0.15) is 32.6 Å². The number of imide groups is 1. The third kappa shape index (κ3) is 3.18. The standard InChI is InChI=1S/C19H26N6O3/c1-14-5-2-3-6-19(14)16(27)25(18(28)22-19)13-15(26)23-9-11-24(12-10-23)17-20-7-4-8-21-17/h4,7-8,14H,2-3,5-6,9-13H2,1H3,(H,22,28)/t14-,19+/m1/s1. The van der Waals surface area contributed by atoms with Crippen molar-refractivity contribution < 1.29 is 14.4 Å². The highest BCUT2D eigenvalue weighted by molar-refractivity contribution is 6.09. The average molecular weight is 386 g/mol. The highest BCUT2D eigenvalue weighted by atomic mass is 16.2. The third-order valence-electron chi connectivity index (χ3n) is 6.26. The molecule has 2 atom stereocenters. The van der Waals surface area contributed by atoms with Gasteiger partial charge >= 0.3 is 6.03 Å². The maximum atomic E-state index is 13.0. The van der Waals surface area contributed by atoms with E-state index >= 15 is 0 Å². The fraction of sp³-hybridized carbons (Fsp3) is 0.632. The van der Waals surface area contributed by atoms with Crippen molar-refractivity contribution in [2.45, 2.75) is 38.1 Å². The monoisotopic (exact) mass is 386 g/mol. The van der Waals surface area contributed by atoms with Gasteiger partial charge in [-0.05, 0) is 24.8 Å². The van der Waals surface area contributed by atoms with Gasteiger partial charge in [0.2, 0.25) is 11.9 Å². The van der Waals surface area contributed by atoms with Crippen LogP contribution in [0.2, 0.25) is 0 Å². The van der Waals surface area contributed by atoms with Crippen LogP contribution in [0.25, 0.3) is 0 Å². The lowest BCUT2D eigenvalue weighted by atomic mass is 9.73. The number of piperazine rings is 1. The summed E-state index contributed by atoms with van der Waals surface area (Å²) >= 11 is 0. The summed E-state index contributed by atoms with van der Waals surface area (Å²) in [6, 6.07) is 1.32. The SMILES string of the molecule is C[C@@H]1CCCC[C@]12NC(=O)N(CC(=O)N1CCN(c3ncccn3)CC1)C2=O. The zero-order valence-corrected chi connectivity index (χ0v) is 16.1. The molecule has 3 fully saturated rings. The zero-order chi connectivity index (χ0) is 19.7. The topological polar surface area (TPSA) is 98.7 Å². The van der Waals surface area contributed by atoms with Gasteiger partial charge in [-0.15, -0.1) is 0 Å². The molecular weight excluding hydrogens is 360 g/mol. The molecule has 0 bridgehead atoms. The largest absolute Gasteiger partial charge is 0.338 e. The smallest absolute Gasteiger partial charge is 0.325 e. The van der Waals surface area contributed by atoms with E-state index in [1.54, 1.807) is 23.4 Å². The molecule has 1 aromatic heterocycles. The van der Waals surface area contributed by atoms with Crippen LogP contribution < -0.4 is 10.2 Å². The first kappa shape index (κ1) is 18.6. The molecule has 0 radical (unpaired) electrons. The number of carbonyl (C=O) groups is 3. The van der Waals surface area contributed by atoms with Gasteiger partial charge in [-0.3, -0.25) is 14.5 Å². The molecule has 1 N–H and O–H groups in total. The van der Waals surface area contributed by atoms with E-state index < -0.39 is 11.6 Å². The Balaban J connectivity index is 1.36. The highest BCUT2D eigenvalue weighted by Gasteiger charge is 2.55. The van der Waals surface area contributed by atoms with Gasteiger partial charge in [0.1, 0.15) is 12.1 Å². The van der Waals surface area contributed by atoms with E-state index in [0.29, 0.717) is 38.5 Å². The first-order chi connectivity index (χ1) is 13.5. The summed E-state index contributed by atoms with van der Waals surface area (Å²) in [5.74, 6) is 0.302. The first-order valence-electron chi connectivity index (χ1n) is 9.95. The molecule has 1 spiro atoms. The quantitative estimate of drug-likeness (QED) is 0.765. The summed E-state index contributed by atoms with van der Waals surface area (Å²) in [5, 5.41) is 2.90. The molecule has 9 heteroatoms. The molecule has 3 aliphatic rings. The van der Waals surface area contributed by atoms with Gasteiger partial charge in [-0.2, -0.15) is 0 Å². The minimum absolute atomic E-state index is 0.0900. The van der Waals surface area contributed by atoms with Gasteiger partial charge in [0.05, 0.1) is 0 Å². The fourth-order valence-electron chi connectivity index (χ4n) is 4.48. The molecule has 1 aromatic rings. The molecule has 3 heterocycles. The molecule has 4 amide bonds. The summed E-state index contributed by atoms with van der Waals surface area (Å²) in [4.78, 5) is 51.5. The van der Waals surface area contributed by atoms with Gasteiger partial charge in [0, 0.05) is 38.6 Å². The summed E-state index contributed by atoms with van der Waals surface area (Å²) in [7, 11) is 0. The number of carbonyl (C=O) groups excluding carboxylic acids is 3. The van der Waals surface area contributed by atoms with Crippen LogP contribution in [0.4, 0.5) is 10.7 Å². The number of nitrogens with one attached hydrogen (secondary N) is 1. The van der Waals surface area contributed by atoms with Crippen molar-refractivity contribution in [1.82, 2.24) is 25.1 Å². The van der Waals surface area contributed by atoms with E-state index in [1.165, 1.54) is 0 Å². The minimum atomic E-state index is -0.820. The molecular formula is C19H26N6O3. The predicted octanol–water partition coefficient (Wildman–Crippen LogP) is 0.626. The lowest BCUT2D eigenvalue weighted by Gasteiger charge is -2.37. The first-order valence-corrected chi connectivity index (χ1v) is 9.95. The Hall–Kier alpha value is -2.71. The number of amides is 4. The Bertz CT molecular complexity index is 764. The van der Waals surface area contributed by atoms with Crippen LogP contribution in [-0.2, 0) is 9.59 Å². The summed E-state index contributed by atoms with van der Waals surface area (Å²) < 4.78 is 0. The van der Waals surface area contributed by atoms with E-state index in [4.69, 9.17) is 0 Å². The Kier molecular flexibility index (Phi) is 4.91. The molecule has 28 heavy (non-hydrogen) atoms. The van der Waals surface area contributed by atoms with E-state index in [0.717, 1.165) is 24.2 Å². The molecule has 150 valence electrons. The predicted molar refractivity (Wildman–Crippen MR) is 101 cm³/mol. The number of nitrogens with zero attached hydrogens (tertiary/aromatic N) is 5. The maximum absolute atomic E-state index is 13.0. The number of hydrogen-bond acceptors (Lipinski definition) is 6. The second kappa shape index (κ2) is 7.37. The zero-order valence-electron chi connectivity index (χ0n) is 16.1. The van der Waals surface area contributed by atoms with Crippen molar-refractivity contribution in [3.63, 3.8) is 0 Å². The van der Waals surface area contributed by atoms with Crippen molar-refractivity contribution in [1.29, 1.82) is 0 Å². The Morgan fingerprint density at radius 1 is 1.18 bits per heavy atom. The fourth-order valence-corrected chi connectivity index (χ4v) is 4.48. The second-order valence-electron chi connectivity index (χ2n) is 7.86. The van der Waals surface area contributed by atoms with Crippen LogP contribution in [0.5, 0.6) is 0 Å². The van der Waals surface area contributed by atoms with E-state index in [1.807, 2.05) is 11.8 Å². The second-order valence-corrected chi connectivity index (χ2v) is 7.86. The summed E-state index contributed by atoms with van der Waals surface area (Å²) in [6.45, 7) is 4.09. The third-order valence-corrected chi connectivity index (χ3v) is 6.26. The molecule has 1 aliphatic carbocycles. The molecule has 2 saturated heterocycles. The summed E-state index contributed by atoms with van der Waals surface area (Å²) in [6.07, 6.45) is 6.94. The molecule has 1 saturated carbocycles. The van der Waals surface area contributed by atoms with Crippen LogP contribution in [-0.4, -0.2) is 75.9 Å². The maximum Gasteiger partial charge on any atom is 0.325 e. The van der Waals surface area contributed by atoms with Crippen LogP contribution in [0.15, 0.2) is 18.5 Å². The Labute approximate surface area is 164 Å². The van der Waals surface area contributed by atoms with Crippen molar-refractivity contribution in [3.05, 3.63) is 18.5 Å². The lowest BCUT2D eigenvalue weighted by Crippen LogP contribution is -2.55. The van der Waals surface area contributed by atoms with Gasteiger partial charge < -0.3 is 15.1 Å². The van der Waals surface area contributed by atoms with Crippen molar-refractivity contribution in [2.24, 2.45) is 5.92 Å². The Morgan fingerprint density at radius 2 is 1.89 bits per heavy atom. The molecule has 4 rings (SSSR count). The van der Waals surface area contributed by atoms with Crippen molar-refractivity contribution in [2.75, 3.05) is 37.6 Å². The number of hydrogen-bond donors (Lipinski definition) is 1. The van der Waals surface area contributed by atoms with E-state index in [-0.39, 0.29) is 24.3 Å². The number of anilines is 1. The lowest BCUT2D eigenvalue weighted by molar-refractivity contribution is -0.140. The Morgan fingerprint density at radius 3 is 2.57 bits per heavy atom. The summed E-state index contributed by atoms with van der Waals surface area (Å²) in [5.41, 5.74) is -0.820. The number of urea groups is 1. The molecule has 0 aromatic carbocycles. The van der Waals surface area contributed by atoms with Crippen LogP contribution >= 0.6 is 0 Å². The van der Waals surface area contributed by atoms with Crippen LogP contribution in [0.3, 0.4) is 0 Å². The highest BCUT2D eigenvalue weighted by Crippen LogP contribution is 2.38. The van der Waals surface area contributed by atoms with Crippen LogP contribution in [0, 0.1) is 5.92 Å². The molecule has 9 nitrogen and oxygen atoms in total. The van der Waals surface area contributed by atoms with Gasteiger partial charge in [-0.25, -0.2) is 14.8 Å². The van der Waals surface area contributed by atoms with Gasteiger partial charge in [0.15, 0.2) is 0 Å². The van der Waals surface area contributed by atoms with Gasteiger partial charge in [0.25, 0.3) is 5.91 Å². The number of aromatic nitrogens is 2. The van der Waals surface area contributed by atoms with Crippen molar-refractivity contribution >= 4 is 23.8 Å². The van der Waals surface area contributed by atoms with E-state index in [9.17, 15) is 14.4 Å². The van der Waals surface area contributed by atoms with Crippen molar-refractivity contribution in [3.8, 4) is 0 Å². The normalized spacial score (nSPS) is 28.0. The average Bonchev–Trinajstić information content (AvgIpc) is 2.96. The minimum Gasteiger partial charge on any atom is -0.338 e. The van der Waals surface area contributed by atoms with Gasteiger partial charge in [-0.1, -0.05) is 19.8 Å². The van der Waals surface area contributed by atoms with E-state index in [2.05, 4.69) is 15.3 Å². The molecule has 0 unspecified atom stereocenters.